The van der Waals surface area contributed by atoms with Crippen LogP contribution in [0.5, 0.6) is 0 Å². The molecule has 0 aromatic carbocycles. The molecular formula is C35H63NO13. The molecule has 0 aliphatic carbocycles. The zero-order valence-corrected chi connectivity index (χ0v) is 31.0. The van der Waals surface area contributed by atoms with Gasteiger partial charge in [0.05, 0.1) is 47.6 Å². The molecule has 14 heteroatoms. The van der Waals surface area contributed by atoms with Crippen molar-refractivity contribution in [2.24, 2.45) is 23.7 Å². The van der Waals surface area contributed by atoms with Crippen molar-refractivity contribution in [1.82, 2.24) is 5.32 Å². The zero-order chi connectivity index (χ0) is 37.4. The number of ether oxygens (including phenoxy) is 5. The molecule has 49 heavy (non-hydrogen) atoms. The van der Waals surface area contributed by atoms with Crippen LogP contribution in [-0.2, 0) is 33.3 Å². The van der Waals surface area contributed by atoms with Crippen molar-refractivity contribution in [3.8, 4) is 0 Å². The van der Waals surface area contributed by atoms with E-state index < -0.39 is 108 Å². The lowest BCUT2D eigenvalue weighted by atomic mass is 9.74. The number of Topliss-reactive ketones (excluding diaryl/α,β-unsaturated/α-hetero) is 1. The summed E-state index contributed by atoms with van der Waals surface area (Å²) in [6.07, 6.45) is -10.7. The van der Waals surface area contributed by atoms with Gasteiger partial charge in [-0.05, 0) is 67.9 Å². The van der Waals surface area contributed by atoms with Crippen LogP contribution >= 0.6 is 0 Å². The van der Waals surface area contributed by atoms with Crippen molar-refractivity contribution in [3.63, 3.8) is 0 Å². The Labute approximate surface area is 290 Å². The molecule has 0 aromatic rings. The third kappa shape index (κ3) is 9.20. The normalized spacial score (nSPS) is 51.2. The van der Waals surface area contributed by atoms with Crippen LogP contribution in [0, 0.1) is 23.7 Å². The van der Waals surface area contributed by atoms with E-state index in [1.807, 2.05) is 6.92 Å². The predicted octanol–water partition coefficient (Wildman–Crippen LogP) is 0.789. The summed E-state index contributed by atoms with van der Waals surface area (Å²) in [6.45, 7) is 15.7. The van der Waals surface area contributed by atoms with E-state index in [4.69, 9.17) is 23.7 Å². The molecule has 3 saturated heterocycles. The first kappa shape index (κ1) is 42.1. The van der Waals surface area contributed by atoms with Crippen LogP contribution in [0.25, 0.3) is 0 Å². The molecule has 18 unspecified atom stereocenters. The minimum Gasteiger partial charge on any atom is -0.459 e. The lowest BCUT2D eigenvalue weighted by Crippen LogP contribution is -2.61. The Kier molecular flexibility index (Phi) is 13.9. The first-order valence-electron chi connectivity index (χ1n) is 17.7. The van der Waals surface area contributed by atoms with Gasteiger partial charge in [-0.1, -0.05) is 27.7 Å². The second-order valence-electron chi connectivity index (χ2n) is 15.7. The first-order valence-corrected chi connectivity index (χ1v) is 17.7. The van der Waals surface area contributed by atoms with Crippen molar-refractivity contribution >= 4 is 11.8 Å². The van der Waals surface area contributed by atoms with Gasteiger partial charge >= 0.3 is 5.97 Å². The Hall–Kier alpha value is -1.30. The molecular weight excluding hydrogens is 642 g/mol. The van der Waals surface area contributed by atoms with E-state index in [1.54, 1.807) is 41.7 Å². The van der Waals surface area contributed by atoms with Gasteiger partial charge in [0.25, 0.3) is 0 Å². The van der Waals surface area contributed by atoms with Crippen molar-refractivity contribution in [1.29, 1.82) is 0 Å². The number of likely N-dealkylation sites (N-methyl/N-ethyl adjacent to an activating group) is 1. The molecule has 3 aliphatic rings. The van der Waals surface area contributed by atoms with E-state index in [2.05, 4.69) is 5.32 Å². The summed E-state index contributed by atoms with van der Waals surface area (Å²) >= 11 is 0. The fraction of sp³-hybridized carbons (Fsp3) is 0.943. The standard InChI is InChI=1S/C35H63NO13/c1-12-23-35(10,44)28(39)18(4)25(37)16(2)14-34(9,43)30(49-32-26(38)22(36-11)13-17(3)45-32)19(5)27(20(6)31(41)47-23)48-24-15-33(8,42)29(40)21(7)46-24/h16-24,26-30,32,36,38-40,42-44H,12-15H2,1-11H3. The molecule has 3 aliphatic heterocycles. The molecule has 3 fully saturated rings. The fourth-order valence-electron chi connectivity index (χ4n) is 8.02. The second-order valence-corrected chi connectivity index (χ2v) is 15.7. The first-order chi connectivity index (χ1) is 22.5. The highest BCUT2D eigenvalue weighted by molar-refractivity contribution is 5.83. The third-order valence-corrected chi connectivity index (χ3v) is 11.1. The number of hydrogen-bond acceptors (Lipinski definition) is 14. The molecule has 7 N–H and O–H groups in total. The van der Waals surface area contributed by atoms with Gasteiger partial charge in [0.1, 0.15) is 29.7 Å². The lowest BCUT2D eigenvalue weighted by Gasteiger charge is -2.48. The van der Waals surface area contributed by atoms with Gasteiger partial charge in [0.2, 0.25) is 0 Å². The van der Waals surface area contributed by atoms with Crippen LogP contribution in [0.4, 0.5) is 0 Å². The highest BCUT2D eigenvalue weighted by Crippen LogP contribution is 2.40. The van der Waals surface area contributed by atoms with Crippen LogP contribution in [0.15, 0.2) is 0 Å². The third-order valence-electron chi connectivity index (χ3n) is 11.1. The smallest absolute Gasteiger partial charge is 0.311 e. The molecule has 0 saturated carbocycles. The van der Waals surface area contributed by atoms with Crippen LogP contribution < -0.4 is 5.32 Å². The molecule has 3 heterocycles. The molecule has 3 rings (SSSR count). The Morgan fingerprint density at radius 1 is 0.857 bits per heavy atom. The van der Waals surface area contributed by atoms with Crippen molar-refractivity contribution in [2.75, 3.05) is 7.05 Å². The largest absolute Gasteiger partial charge is 0.459 e. The van der Waals surface area contributed by atoms with Crippen molar-refractivity contribution < 1.29 is 63.9 Å². The average Bonchev–Trinajstić information content (AvgIpc) is 3.02. The number of aliphatic hydroxyl groups excluding tert-OH is 3. The number of rotatable bonds is 6. The van der Waals surface area contributed by atoms with E-state index in [0.717, 1.165) is 0 Å². The highest BCUT2D eigenvalue weighted by Gasteiger charge is 2.53. The molecule has 0 amide bonds. The molecule has 0 radical (unpaired) electrons. The Morgan fingerprint density at radius 2 is 1.47 bits per heavy atom. The number of ketones is 1. The Bertz CT molecular complexity index is 1120. The molecule has 0 spiro atoms. The summed E-state index contributed by atoms with van der Waals surface area (Å²) < 4.78 is 30.8. The van der Waals surface area contributed by atoms with E-state index in [-0.39, 0.29) is 31.4 Å². The Morgan fingerprint density at radius 3 is 2.02 bits per heavy atom. The summed E-state index contributed by atoms with van der Waals surface area (Å²) in [4.78, 5) is 27.7. The topological polar surface area (TPSA) is 214 Å². The summed E-state index contributed by atoms with van der Waals surface area (Å²) in [6, 6.07) is -0.388. The number of aliphatic hydroxyl groups is 6. The highest BCUT2D eigenvalue weighted by atomic mass is 16.7. The lowest BCUT2D eigenvalue weighted by molar-refractivity contribution is -0.314. The molecule has 286 valence electrons. The molecule has 0 bridgehead atoms. The molecule has 18 atom stereocenters. The van der Waals surface area contributed by atoms with E-state index >= 15 is 0 Å². The van der Waals surface area contributed by atoms with Gasteiger partial charge < -0.3 is 59.6 Å². The number of nitrogens with one attached hydrogen (secondary N) is 1. The minimum atomic E-state index is -2.01. The van der Waals surface area contributed by atoms with Crippen LogP contribution in [0.1, 0.15) is 94.9 Å². The second kappa shape index (κ2) is 16.2. The van der Waals surface area contributed by atoms with Crippen molar-refractivity contribution in [3.05, 3.63) is 0 Å². The summed E-state index contributed by atoms with van der Waals surface area (Å²) in [7, 11) is 1.71. The van der Waals surface area contributed by atoms with Crippen LogP contribution in [0.2, 0.25) is 0 Å². The number of carbonyl (C=O) groups excluding carboxylic acids is 2. The summed E-state index contributed by atoms with van der Waals surface area (Å²) in [5, 5.41) is 70.9. The zero-order valence-electron chi connectivity index (χ0n) is 31.0. The predicted molar refractivity (Wildman–Crippen MR) is 177 cm³/mol. The monoisotopic (exact) mass is 705 g/mol. The van der Waals surface area contributed by atoms with Gasteiger partial charge in [-0.15, -0.1) is 0 Å². The van der Waals surface area contributed by atoms with Crippen LogP contribution in [-0.4, -0.2) is 134 Å². The van der Waals surface area contributed by atoms with Gasteiger partial charge in [0.15, 0.2) is 12.6 Å². The number of carbonyl (C=O) groups is 2. The average molecular weight is 706 g/mol. The summed E-state index contributed by atoms with van der Waals surface area (Å²) in [5.41, 5.74) is -5.42. The maximum atomic E-state index is 14.0. The number of hydrogen-bond donors (Lipinski definition) is 7. The van der Waals surface area contributed by atoms with Gasteiger partial charge in [-0.3, -0.25) is 9.59 Å². The minimum absolute atomic E-state index is 0.117. The Balaban J connectivity index is 2.16. The quantitative estimate of drug-likeness (QED) is 0.191. The number of esters is 1. The SMILES string of the molecule is CCC1OC(=O)C(C)C(OC2CC(C)(O)C(O)C(C)O2)C(C)C(OC2OC(C)CC(NC)C2O)C(C)(O)CC(C)C(=O)C(C)C(O)C1(C)O. The maximum Gasteiger partial charge on any atom is 0.311 e. The van der Waals surface area contributed by atoms with E-state index in [9.17, 15) is 40.2 Å². The maximum absolute atomic E-state index is 14.0. The molecule has 0 aromatic heterocycles. The van der Waals surface area contributed by atoms with Gasteiger partial charge in [0, 0.05) is 30.2 Å². The van der Waals surface area contributed by atoms with E-state index in [0.29, 0.717) is 6.42 Å². The molecule has 14 nitrogen and oxygen atoms in total. The van der Waals surface area contributed by atoms with Gasteiger partial charge in [-0.25, -0.2) is 0 Å². The fourth-order valence-corrected chi connectivity index (χ4v) is 8.02. The van der Waals surface area contributed by atoms with Crippen LogP contribution in [0.3, 0.4) is 0 Å². The van der Waals surface area contributed by atoms with Gasteiger partial charge in [-0.2, -0.15) is 0 Å². The summed E-state index contributed by atoms with van der Waals surface area (Å²) in [5.74, 6) is -5.14. The van der Waals surface area contributed by atoms with E-state index in [1.165, 1.54) is 27.7 Å². The van der Waals surface area contributed by atoms with Crippen molar-refractivity contribution in [2.45, 2.75) is 179 Å². The number of cyclic esters (lactones) is 1.